The molecular formula is C15H12ClNO6. The van der Waals surface area contributed by atoms with Crippen molar-refractivity contribution in [3.63, 3.8) is 0 Å². The normalized spacial score (nSPS) is 10.0. The van der Waals surface area contributed by atoms with Crippen molar-refractivity contribution in [2.75, 3.05) is 14.2 Å². The Bertz CT molecular complexity index is 762. The predicted molar refractivity (Wildman–Crippen MR) is 82.6 cm³/mol. The number of halogens is 1. The number of carbonyl (C=O) groups excluding carboxylic acids is 1. The van der Waals surface area contributed by atoms with E-state index >= 15 is 0 Å². The molecule has 8 heteroatoms. The number of hydrogen-bond acceptors (Lipinski definition) is 6. The summed E-state index contributed by atoms with van der Waals surface area (Å²) in [5.41, 5.74) is -0.0952. The minimum absolute atomic E-state index is 0.0660. The second-order valence-corrected chi connectivity index (χ2v) is 4.76. The lowest BCUT2D eigenvalue weighted by Crippen LogP contribution is -2.11. The number of methoxy groups -OCH3 is 2. The minimum atomic E-state index is -0.752. The Balaban J connectivity index is 2.36. The third kappa shape index (κ3) is 3.70. The van der Waals surface area contributed by atoms with Gasteiger partial charge in [0.05, 0.1) is 25.2 Å². The van der Waals surface area contributed by atoms with Gasteiger partial charge in [-0.15, -0.1) is 0 Å². The van der Waals surface area contributed by atoms with Crippen LogP contribution < -0.4 is 14.2 Å². The van der Waals surface area contributed by atoms with Gasteiger partial charge in [-0.25, -0.2) is 4.79 Å². The van der Waals surface area contributed by atoms with E-state index in [-0.39, 0.29) is 28.5 Å². The first kappa shape index (κ1) is 16.6. The van der Waals surface area contributed by atoms with Gasteiger partial charge in [0.2, 0.25) is 0 Å². The summed E-state index contributed by atoms with van der Waals surface area (Å²) in [7, 11) is 2.75. The quantitative estimate of drug-likeness (QED) is 0.359. The van der Waals surface area contributed by atoms with Crippen molar-refractivity contribution in [1.82, 2.24) is 0 Å². The van der Waals surface area contributed by atoms with E-state index in [1.165, 1.54) is 44.6 Å². The fraction of sp³-hybridized carbons (Fsp3) is 0.133. The predicted octanol–water partition coefficient (Wildman–Crippen LogP) is 3.48. The van der Waals surface area contributed by atoms with E-state index in [1.54, 1.807) is 0 Å². The summed E-state index contributed by atoms with van der Waals surface area (Å²) in [6.45, 7) is 0. The molecule has 2 rings (SSSR count). The first-order valence-corrected chi connectivity index (χ1v) is 6.72. The topological polar surface area (TPSA) is 87.9 Å². The highest BCUT2D eigenvalue weighted by molar-refractivity contribution is 6.30. The van der Waals surface area contributed by atoms with Crippen LogP contribution in [-0.4, -0.2) is 25.1 Å². The summed E-state index contributed by atoms with van der Waals surface area (Å²) in [6, 6.07) is 8.11. The Kier molecular flexibility index (Phi) is 5.02. The van der Waals surface area contributed by atoms with Crippen LogP contribution in [-0.2, 0) is 0 Å². The second kappa shape index (κ2) is 6.97. The number of rotatable bonds is 5. The van der Waals surface area contributed by atoms with E-state index in [9.17, 15) is 14.9 Å². The molecule has 7 nitrogen and oxygen atoms in total. The van der Waals surface area contributed by atoms with Crippen molar-refractivity contribution in [2.24, 2.45) is 0 Å². The molecule has 0 aliphatic carbocycles. The Morgan fingerprint density at radius 3 is 2.35 bits per heavy atom. The van der Waals surface area contributed by atoms with Gasteiger partial charge in [0.1, 0.15) is 11.3 Å². The van der Waals surface area contributed by atoms with Gasteiger partial charge in [0.15, 0.2) is 11.5 Å². The van der Waals surface area contributed by atoms with Crippen LogP contribution in [0, 0.1) is 10.1 Å². The number of nitro benzene ring substituents is 1. The second-order valence-electron chi connectivity index (χ2n) is 4.33. The molecule has 120 valence electrons. The fourth-order valence-electron chi connectivity index (χ4n) is 1.85. The molecule has 0 aliphatic rings. The summed E-state index contributed by atoms with van der Waals surface area (Å²) in [6.07, 6.45) is 0. The standard InChI is InChI=1S/C15H12ClNO6/c1-21-12-6-4-10(17(19)20)8-14(12)23-15(18)11-5-3-9(16)7-13(11)22-2/h3-8H,1-2H3. The molecule has 0 unspecified atom stereocenters. The molecule has 0 N–H and O–H groups in total. The third-order valence-corrected chi connectivity index (χ3v) is 3.18. The number of nitrogens with zero attached hydrogens (tertiary/aromatic N) is 1. The van der Waals surface area contributed by atoms with Gasteiger partial charge in [-0.1, -0.05) is 11.6 Å². The monoisotopic (exact) mass is 337 g/mol. The number of benzene rings is 2. The van der Waals surface area contributed by atoms with E-state index in [2.05, 4.69) is 0 Å². The van der Waals surface area contributed by atoms with Crippen molar-refractivity contribution >= 4 is 23.3 Å². The summed E-state index contributed by atoms with van der Waals surface area (Å²) >= 11 is 5.84. The molecule has 0 aromatic heterocycles. The molecule has 0 bridgehead atoms. The Morgan fingerprint density at radius 2 is 1.74 bits per heavy atom. The van der Waals surface area contributed by atoms with Crippen molar-refractivity contribution in [3.8, 4) is 17.2 Å². The largest absolute Gasteiger partial charge is 0.496 e. The third-order valence-electron chi connectivity index (χ3n) is 2.94. The molecule has 0 radical (unpaired) electrons. The first-order valence-electron chi connectivity index (χ1n) is 6.34. The lowest BCUT2D eigenvalue weighted by atomic mass is 10.2. The maximum absolute atomic E-state index is 12.3. The number of esters is 1. The lowest BCUT2D eigenvalue weighted by molar-refractivity contribution is -0.384. The van der Waals surface area contributed by atoms with E-state index < -0.39 is 10.9 Å². The maximum atomic E-state index is 12.3. The van der Waals surface area contributed by atoms with Crippen molar-refractivity contribution in [1.29, 1.82) is 0 Å². The molecule has 0 spiro atoms. The summed E-state index contributed by atoms with van der Waals surface area (Å²) in [5, 5.41) is 11.2. The van der Waals surface area contributed by atoms with Crippen molar-refractivity contribution < 1.29 is 23.9 Å². The van der Waals surface area contributed by atoms with E-state index in [0.717, 1.165) is 6.07 Å². The van der Waals surface area contributed by atoms with Crippen molar-refractivity contribution in [3.05, 3.63) is 57.1 Å². The van der Waals surface area contributed by atoms with Crippen LogP contribution in [0.5, 0.6) is 17.2 Å². The van der Waals surface area contributed by atoms with Crippen LogP contribution in [0.4, 0.5) is 5.69 Å². The van der Waals surface area contributed by atoms with E-state index in [4.69, 9.17) is 25.8 Å². The molecular weight excluding hydrogens is 326 g/mol. The van der Waals surface area contributed by atoms with Gasteiger partial charge in [-0.3, -0.25) is 10.1 Å². The maximum Gasteiger partial charge on any atom is 0.347 e. The highest BCUT2D eigenvalue weighted by Gasteiger charge is 2.19. The van der Waals surface area contributed by atoms with Crippen LogP contribution in [0.1, 0.15) is 10.4 Å². The summed E-state index contributed by atoms with van der Waals surface area (Å²) < 4.78 is 15.3. The Hall–Kier alpha value is -2.80. The number of hydrogen-bond donors (Lipinski definition) is 0. The zero-order chi connectivity index (χ0) is 17.0. The minimum Gasteiger partial charge on any atom is -0.496 e. The number of carbonyl (C=O) groups is 1. The van der Waals surface area contributed by atoms with Gasteiger partial charge in [-0.2, -0.15) is 0 Å². The number of ether oxygens (including phenoxy) is 3. The van der Waals surface area contributed by atoms with Crippen LogP contribution in [0.2, 0.25) is 5.02 Å². The molecule has 23 heavy (non-hydrogen) atoms. The van der Waals surface area contributed by atoms with Gasteiger partial charge in [-0.05, 0) is 24.3 Å². The van der Waals surface area contributed by atoms with Gasteiger partial charge in [0.25, 0.3) is 5.69 Å². The SMILES string of the molecule is COc1ccc([N+](=O)[O-])cc1OC(=O)c1ccc(Cl)cc1OC. The summed E-state index contributed by atoms with van der Waals surface area (Å²) in [5.74, 6) is -0.398. The Morgan fingerprint density at radius 1 is 1.04 bits per heavy atom. The van der Waals surface area contributed by atoms with Gasteiger partial charge in [0, 0.05) is 11.1 Å². The molecule has 2 aromatic carbocycles. The molecule has 0 saturated carbocycles. The van der Waals surface area contributed by atoms with Crippen molar-refractivity contribution in [2.45, 2.75) is 0 Å². The number of nitro groups is 1. The molecule has 0 aliphatic heterocycles. The lowest BCUT2D eigenvalue weighted by Gasteiger charge is -2.11. The average Bonchev–Trinajstić information content (AvgIpc) is 2.54. The molecule has 0 atom stereocenters. The van der Waals surface area contributed by atoms with E-state index in [1.807, 2.05) is 0 Å². The average molecular weight is 338 g/mol. The zero-order valence-corrected chi connectivity index (χ0v) is 13.0. The molecule has 0 heterocycles. The highest BCUT2D eigenvalue weighted by atomic mass is 35.5. The molecule has 0 amide bonds. The van der Waals surface area contributed by atoms with Crippen LogP contribution in [0.3, 0.4) is 0 Å². The first-order chi connectivity index (χ1) is 11.0. The van der Waals surface area contributed by atoms with Gasteiger partial charge < -0.3 is 14.2 Å². The zero-order valence-electron chi connectivity index (χ0n) is 12.2. The fourth-order valence-corrected chi connectivity index (χ4v) is 2.01. The van der Waals surface area contributed by atoms with Crippen LogP contribution >= 0.6 is 11.6 Å². The highest BCUT2D eigenvalue weighted by Crippen LogP contribution is 2.33. The van der Waals surface area contributed by atoms with Gasteiger partial charge >= 0.3 is 5.97 Å². The van der Waals surface area contributed by atoms with Crippen LogP contribution in [0.15, 0.2) is 36.4 Å². The summed E-state index contributed by atoms with van der Waals surface area (Å²) in [4.78, 5) is 22.5. The van der Waals surface area contributed by atoms with E-state index in [0.29, 0.717) is 5.02 Å². The molecule has 0 fully saturated rings. The molecule has 2 aromatic rings. The molecule has 0 saturated heterocycles. The Labute approximate surface area is 136 Å². The van der Waals surface area contributed by atoms with Crippen LogP contribution in [0.25, 0.3) is 0 Å². The number of non-ortho nitro benzene ring substituents is 1. The smallest absolute Gasteiger partial charge is 0.347 e.